The quantitative estimate of drug-likeness (QED) is 0.750. The van der Waals surface area contributed by atoms with Crippen LogP contribution in [0.4, 0.5) is 0 Å². The van der Waals surface area contributed by atoms with Crippen LogP contribution in [0, 0.1) is 5.41 Å². The molecular weight excluding hydrogens is 230 g/mol. The fraction of sp³-hybridized carbons (Fsp3) is 0.571. The van der Waals surface area contributed by atoms with Crippen LogP contribution < -0.4 is 10.1 Å². The smallest absolute Gasteiger partial charge is 0.162 e. The van der Waals surface area contributed by atoms with E-state index in [1.54, 1.807) is 6.07 Å². The topological polar surface area (TPSA) is 61.7 Å². The highest BCUT2D eigenvalue weighted by Gasteiger charge is 2.21. The molecule has 0 saturated carbocycles. The number of phenolic OH excluding ortho intramolecular Hbond substituents is 1. The fourth-order valence-electron chi connectivity index (χ4n) is 1.52. The molecule has 0 aliphatic rings. The largest absolute Gasteiger partial charge is 0.504 e. The summed E-state index contributed by atoms with van der Waals surface area (Å²) in [5, 5.41) is 22.9. The first-order chi connectivity index (χ1) is 8.36. The minimum atomic E-state index is -0.426. The molecule has 0 amide bonds. The van der Waals surface area contributed by atoms with Gasteiger partial charge in [0.05, 0.1) is 13.2 Å². The molecule has 4 heteroatoms. The molecule has 0 heterocycles. The lowest BCUT2D eigenvalue weighted by atomic mass is 9.89. The van der Waals surface area contributed by atoms with Crippen LogP contribution in [-0.2, 0) is 6.54 Å². The zero-order chi connectivity index (χ0) is 13.8. The van der Waals surface area contributed by atoms with Crippen molar-refractivity contribution in [1.29, 1.82) is 0 Å². The number of ether oxygens (including phenoxy) is 1. The van der Waals surface area contributed by atoms with E-state index in [0.717, 1.165) is 5.56 Å². The van der Waals surface area contributed by atoms with Crippen molar-refractivity contribution in [2.24, 2.45) is 5.41 Å². The van der Waals surface area contributed by atoms with Crippen LogP contribution in [0.15, 0.2) is 18.2 Å². The number of nitrogens with one attached hydrogen (secondary N) is 1. The maximum Gasteiger partial charge on any atom is 0.162 e. The highest BCUT2D eigenvalue weighted by Crippen LogP contribution is 2.29. The van der Waals surface area contributed by atoms with Crippen molar-refractivity contribution in [2.45, 2.75) is 33.4 Å². The van der Waals surface area contributed by atoms with Gasteiger partial charge >= 0.3 is 0 Å². The molecule has 0 fully saturated rings. The normalized spacial score (nSPS) is 13.4. The molecule has 1 aromatic rings. The number of rotatable bonds is 5. The Morgan fingerprint density at radius 2 is 2.00 bits per heavy atom. The molecule has 0 aromatic heterocycles. The summed E-state index contributed by atoms with van der Waals surface area (Å²) in [5.41, 5.74) is 0.610. The summed E-state index contributed by atoms with van der Waals surface area (Å²) < 4.78 is 5.04. The number of para-hydroxylation sites is 1. The van der Waals surface area contributed by atoms with Crippen molar-refractivity contribution in [1.82, 2.24) is 5.32 Å². The number of aliphatic hydroxyl groups is 1. The van der Waals surface area contributed by atoms with Gasteiger partial charge in [0.2, 0.25) is 0 Å². The first-order valence-corrected chi connectivity index (χ1v) is 6.10. The molecule has 0 aliphatic heterocycles. The van der Waals surface area contributed by atoms with Crippen LogP contribution in [0.3, 0.4) is 0 Å². The van der Waals surface area contributed by atoms with E-state index in [0.29, 0.717) is 18.8 Å². The summed E-state index contributed by atoms with van der Waals surface area (Å²) >= 11 is 0. The van der Waals surface area contributed by atoms with Crippen LogP contribution in [0.2, 0.25) is 0 Å². The van der Waals surface area contributed by atoms with E-state index in [-0.39, 0.29) is 11.2 Å². The summed E-state index contributed by atoms with van der Waals surface area (Å²) in [4.78, 5) is 0. The standard InChI is InChI=1S/C14H23NO3/c1-14(2,3)12(16)9-15-8-10-6-5-7-11(18-4)13(10)17/h5-7,12,15-17H,8-9H2,1-4H3. The SMILES string of the molecule is COc1cccc(CNCC(O)C(C)(C)C)c1O. The van der Waals surface area contributed by atoms with E-state index >= 15 is 0 Å². The van der Waals surface area contributed by atoms with Crippen LogP contribution in [-0.4, -0.2) is 30.0 Å². The molecule has 4 nitrogen and oxygen atoms in total. The van der Waals surface area contributed by atoms with Gasteiger partial charge < -0.3 is 20.3 Å². The minimum absolute atomic E-state index is 0.149. The highest BCUT2D eigenvalue weighted by molar-refractivity contribution is 5.45. The summed E-state index contributed by atoms with van der Waals surface area (Å²) in [6, 6.07) is 5.37. The molecule has 18 heavy (non-hydrogen) atoms. The molecule has 102 valence electrons. The van der Waals surface area contributed by atoms with Gasteiger partial charge in [-0.25, -0.2) is 0 Å². The summed E-state index contributed by atoms with van der Waals surface area (Å²) in [6.07, 6.45) is -0.426. The fourth-order valence-corrected chi connectivity index (χ4v) is 1.52. The zero-order valence-electron chi connectivity index (χ0n) is 11.5. The van der Waals surface area contributed by atoms with Crippen molar-refractivity contribution in [3.05, 3.63) is 23.8 Å². The number of aliphatic hydroxyl groups excluding tert-OH is 1. The molecule has 0 saturated heterocycles. The Hall–Kier alpha value is -1.26. The highest BCUT2D eigenvalue weighted by atomic mass is 16.5. The summed E-state index contributed by atoms with van der Waals surface area (Å²) in [7, 11) is 1.52. The van der Waals surface area contributed by atoms with E-state index in [4.69, 9.17) is 4.74 Å². The van der Waals surface area contributed by atoms with Gasteiger partial charge in [0, 0.05) is 18.7 Å². The third-order valence-corrected chi connectivity index (χ3v) is 2.96. The molecule has 0 bridgehead atoms. The van der Waals surface area contributed by atoms with Crippen molar-refractivity contribution < 1.29 is 14.9 Å². The van der Waals surface area contributed by atoms with Crippen LogP contribution >= 0.6 is 0 Å². The number of phenols is 1. The third-order valence-electron chi connectivity index (χ3n) is 2.96. The van der Waals surface area contributed by atoms with Crippen molar-refractivity contribution in [3.8, 4) is 11.5 Å². The predicted octanol–water partition coefficient (Wildman–Crippen LogP) is 1.90. The predicted molar refractivity (Wildman–Crippen MR) is 71.8 cm³/mol. The molecule has 0 spiro atoms. The maximum absolute atomic E-state index is 9.89. The summed E-state index contributed by atoms with van der Waals surface area (Å²) in [5.74, 6) is 0.614. The van der Waals surface area contributed by atoms with Crippen molar-refractivity contribution in [3.63, 3.8) is 0 Å². The van der Waals surface area contributed by atoms with Gasteiger partial charge in [-0.15, -0.1) is 0 Å². The Labute approximate surface area is 109 Å². The minimum Gasteiger partial charge on any atom is -0.504 e. The average molecular weight is 253 g/mol. The first-order valence-electron chi connectivity index (χ1n) is 6.10. The van der Waals surface area contributed by atoms with Gasteiger partial charge in [0.25, 0.3) is 0 Å². The first kappa shape index (κ1) is 14.8. The second kappa shape index (κ2) is 6.07. The zero-order valence-corrected chi connectivity index (χ0v) is 11.5. The van der Waals surface area contributed by atoms with Crippen LogP contribution in [0.1, 0.15) is 26.3 Å². The maximum atomic E-state index is 9.89. The molecule has 1 rings (SSSR count). The Bertz CT molecular complexity index is 385. The molecule has 1 unspecified atom stereocenters. The Morgan fingerprint density at radius 3 is 2.56 bits per heavy atom. The van der Waals surface area contributed by atoms with E-state index in [9.17, 15) is 10.2 Å². The van der Waals surface area contributed by atoms with Gasteiger partial charge in [-0.05, 0) is 11.5 Å². The Balaban J connectivity index is 2.55. The molecular formula is C14H23NO3. The van der Waals surface area contributed by atoms with Gasteiger partial charge in [-0.2, -0.15) is 0 Å². The molecule has 1 atom stereocenters. The van der Waals surface area contributed by atoms with Gasteiger partial charge in [-0.1, -0.05) is 32.9 Å². The molecule has 3 N–H and O–H groups in total. The van der Waals surface area contributed by atoms with Crippen LogP contribution in [0.25, 0.3) is 0 Å². The second-order valence-corrected chi connectivity index (χ2v) is 5.48. The van der Waals surface area contributed by atoms with Crippen molar-refractivity contribution in [2.75, 3.05) is 13.7 Å². The number of methoxy groups -OCH3 is 1. The van der Waals surface area contributed by atoms with Crippen molar-refractivity contribution >= 4 is 0 Å². The second-order valence-electron chi connectivity index (χ2n) is 5.48. The number of benzene rings is 1. The van der Waals surface area contributed by atoms with E-state index < -0.39 is 6.10 Å². The lowest BCUT2D eigenvalue weighted by molar-refractivity contribution is 0.0627. The van der Waals surface area contributed by atoms with E-state index in [2.05, 4.69) is 5.32 Å². The number of hydrogen-bond donors (Lipinski definition) is 3. The Kier molecular flexibility index (Phi) is 4.99. The number of hydrogen-bond acceptors (Lipinski definition) is 4. The van der Waals surface area contributed by atoms with Gasteiger partial charge in [0.1, 0.15) is 0 Å². The lowest BCUT2D eigenvalue weighted by Gasteiger charge is -2.26. The van der Waals surface area contributed by atoms with Gasteiger partial charge in [-0.3, -0.25) is 0 Å². The molecule has 0 radical (unpaired) electrons. The summed E-state index contributed by atoms with van der Waals surface area (Å²) in [6.45, 7) is 6.95. The third kappa shape index (κ3) is 3.89. The Morgan fingerprint density at radius 1 is 1.33 bits per heavy atom. The lowest BCUT2D eigenvalue weighted by Crippen LogP contribution is -2.36. The van der Waals surface area contributed by atoms with Crippen LogP contribution in [0.5, 0.6) is 11.5 Å². The van der Waals surface area contributed by atoms with E-state index in [1.165, 1.54) is 7.11 Å². The van der Waals surface area contributed by atoms with Gasteiger partial charge in [0.15, 0.2) is 11.5 Å². The molecule has 1 aromatic carbocycles. The number of aromatic hydroxyl groups is 1. The monoisotopic (exact) mass is 253 g/mol. The molecule has 0 aliphatic carbocycles. The van der Waals surface area contributed by atoms with E-state index in [1.807, 2.05) is 32.9 Å². The average Bonchev–Trinajstić information content (AvgIpc) is 2.30.